The number of carbonyl (C=O) groups is 1. The van der Waals surface area contributed by atoms with Crippen molar-refractivity contribution in [2.24, 2.45) is 5.90 Å². The zero-order chi connectivity index (χ0) is 9.84. The molecule has 0 bridgehead atoms. The minimum atomic E-state index is -1.33. The van der Waals surface area contributed by atoms with Gasteiger partial charge in [0.25, 0.3) is 0 Å². The molecule has 1 aromatic carbocycles. The topological polar surface area (TPSA) is 92.8 Å². The highest BCUT2D eigenvalue weighted by Gasteiger charge is 2.22. The van der Waals surface area contributed by atoms with Crippen LogP contribution in [-0.2, 0) is 9.63 Å². The molecule has 0 spiro atoms. The van der Waals surface area contributed by atoms with Gasteiger partial charge in [-0.1, -0.05) is 18.2 Å². The lowest BCUT2D eigenvalue weighted by atomic mass is 10.1. The maximum absolute atomic E-state index is 10.6. The quantitative estimate of drug-likeness (QED) is 0.590. The average molecular weight is 183 g/mol. The first-order chi connectivity index (χ1) is 6.16. The maximum Gasteiger partial charge on any atom is 0.339 e. The van der Waals surface area contributed by atoms with Crippen LogP contribution in [0.5, 0.6) is 5.75 Å². The smallest absolute Gasteiger partial charge is 0.339 e. The molecule has 0 fully saturated rings. The van der Waals surface area contributed by atoms with E-state index in [0.29, 0.717) is 0 Å². The Bertz CT molecular complexity index is 313. The summed E-state index contributed by atoms with van der Waals surface area (Å²) < 4.78 is 0. The lowest BCUT2D eigenvalue weighted by molar-refractivity contribution is -0.151. The second kappa shape index (κ2) is 3.88. The van der Waals surface area contributed by atoms with Crippen molar-refractivity contribution in [3.05, 3.63) is 29.8 Å². The number of hydrogen-bond acceptors (Lipinski definition) is 4. The molecule has 0 saturated carbocycles. The maximum atomic E-state index is 10.6. The molecular weight excluding hydrogens is 174 g/mol. The normalized spacial score (nSPS) is 12.4. The Kier molecular flexibility index (Phi) is 2.84. The van der Waals surface area contributed by atoms with Crippen molar-refractivity contribution in [1.82, 2.24) is 0 Å². The van der Waals surface area contributed by atoms with E-state index in [1.54, 1.807) is 12.1 Å². The van der Waals surface area contributed by atoms with Gasteiger partial charge in [-0.15, -0.1) is 0 Å². The van der Waals surface area contributed by atoms with E-state index >= 15 is 0 Å². The van der Waals surface area contributed by atoms with Crippen LogP contribution in [0, 0.1) is 0 Å². The number of phenolic OH excluding ortho intramolecular Hbond substituents is 1. The third kappa shape index (κ3) is 1.95. The lowest BCUT2D eigenvalue weighted by Gasteiger charge is -2.10. The molecule has 0 amide bonds. The predicted octanol–water partition coefficient (Wildman–Crippen LogP) is 0.408. The van der Waals surface area contributed by atoms with Gasteiger partial charge in [-0.25, -0.2) is 10.7 Å². The number of benzene rings is 1. The zero-order valence-electron chi connectivity index (χ0n) is 6.68. The van der Waals surface area contributed by atoms with Gasteiger partial charge in [-0.3, -0.25) is 4.84 Å². The van der Waals surface area contributed by atoms with E-state index in [1.165, 1.54) is 12.1 Å². The minimum absolute atomic E-state index is 0.137. The van der Waals surface area contributed by atoms with Gasteiger partial charge >= 0.3 is 5.97 Å². The Morgan fingerprint density at radius 3 is 2.54 bits per heavy atom. The number of aromatic hydroxyl groups is 1. The first kappa shape index (κ1) is 9.50. The summed E-state index contributed by atoms with van der Waals surface area (Å²) in [4.78, 5) is 14.8. The van der Waals surface area contributed by atoms with E-state index < -0.39 is 12.1 Å². The van der Waals surface area contributed by atoms with E-state index in [4.69, 9.17) is 11.0 Å². The van der Waals surface area contributed by atoms with Gasteiger partial charge in [-0.05, 0) is 6.07 Å². The van der Waals surface area contributed by atoms with E-state index in [2.05, 4.69) is 4.84 Å². The Morgan fingerprint density at radius 1 is 1.46 bits per heavy atom. The summed E-state index contributed by atoms with van der Waals surface area (Å²) in [6.07, 6.45) is -1.33. The van der Waals surface area contributed by atoms with E-state index in [1.807, 2.05) is 0 Å². The van der Waals surface area contributed by atoms with Gasteiger partial charge in [0, 0.05) is 5.56 Å². The number of para-hydroxylation sites is 1. The van der Waals surface area contributed by atoms with Crippen LogP contribution in [0.3, 0.4) is 0 Å². The van der Waals surface area contributed by atoms with Gasteiger partial charge in [0.1, 0.15) is 5.75 Å². The second-order valence-electron chi connectivity index (χ2n) is 2.41. The number of nitrogens with two attached hydrogens (primary N) is 1. The second-order valence-corrected chi connectivity index (χ2v) is 2.41. The molecule has 0 radical (unpaired) electrons. The van der Waals surface area contributed by atoms with E-state index in [9.17, 15) is 9.90 Å². The van der Waals surface area contributed by atoms with Crippen molar-refractivity contribution < 1.29 is 19.8 Å². The van der Waals surface area contributed by atoms with Gasteiger partial charge in [-0.2, -0.15) is 0 Å². The Hall–Kier alpha value is -1.59. The summed E-state index contributed by atoms with van der Waals surface area (Å²) in [7, 11) is 0. The first-order valence-corrected chi connectivity index (χ1v) is 3.53. The van der Waals surface area contributed by atoms with Crippen molar-refractivity contribution in [1.29, 1.82) is 0 Å². The highest BCUT2D eigenvalue weighted by molar-refractivity contribution is 5.75. The monoisotopic (exact) mass is 183 g/mol. The van der Waals surface area contributed by atoms with Crippen LogP contribution >= 0.6 is 0 Å². The third-order valence-corrected chi connectivity index (χ3v) is 1.58. The fourth-order valence-electron chi connectivity index (χ4n) is 0.974. The summed E-state index contributed by atoms with van der Waals surface area (Å²) in [5.74, 6) is 3.38. The Labute approximate surface area is 74.3 Å². The van der Waals surface area contributed by atoms with Crippen LogP contribution in [0.25, 0.3) is 0 Å². The van der Waals surface area contributed by atoms with Crippen LogP contribution in [0.1, 0.15) is 11.7 Å². The number of carboxylic acid groups (broad SMARTS) is 1. The summed E-state index contributed by atoms with van der Waals surface area (Å²) in [6, 6.07) is 5.96. The van der Waals surface area contributed by atoms with Crippen molar-refractivity contribution >= 4 is 5.97 Å². The van der Waals surface area contributed by atoms with Gasteiger partial charge in [0.15, 0.2) is 0 Å². The molecule has 0 aliphatic heterocycles. The number of rotatable bonds is 3. The van der Waals surface area contributed by atoms with Crippen molar-refractivity contribution in [2.75, 3.05) is 0 Å². The third-order valence-electron chi connectivity index (χ3n) is 1.58. The number of hydrogen-bond donors (Lipinski definition) is 3. The number of phenols is 1. The molecule has 4 N–H and O–H groups in total. The van der Waals surface area contributed by atoms with Gasteiger partial charge in [0.05, 0.1) is 0 Å². The average Bonchev–Trinajstić information content (AvgIpc) is 2.09. The molecule has 0 aromatic heterocycles. The van der Waals surface area contributed by atoms with Crippen LogP contribution in [0.4, 0.5) is 0 Å². The van der Waals surface area contributed by atoms with Gasteiger partial charge in [0.2, 0.25) is 6.10 Å². The van der Waals surface area contributed by atoms with Crippen LogP contribution in [-0.4, -0.2) is 16.2 Å². The predicted molar refractivity (Wildman–Crippen MR) is 43.8 cm³/mol. The van der Waals surface area contributed by atoms with Crippen molar-refractivity contribution in [3.63, 3.8) is 0 Å². The summed E-state index contributed by atoms with van der Waals surface area (Å²) in [5.41, 5.74) is 0.137. The van der Waals surface area contributed by atoms with Crippen molar-refractivity contribution in [2.45, 2.75) is 6.10 Å². The highest BCUT2D eigenvalue weighted by atomic mass is 16.6. The highest BCUT2D eigenvalue weighted by Crippen LogP contribution is 2.25. The molecule has 1 aromatic rings. The summed E-state index contributed by atoms with van der Waals surface area (Å²) >= 11 is 0. The molecule has 0 aliphatic rings. The summed E-state index contributed by atoms with van der Waals surface area (Å²) in [6.45, 7) is 0. The lowest BCUT2D eigenvalue weighted by Crippen LogP contribution is -2.18. The number of aliphatic carboxylic acids is 1. The SMILES string of the molecule is NOC(C(=O)O)c1ccccc1O. The van der Waals surface area contributed by atoms with E-state index in [0.717, 1.165) is 0 Å². The molecule has 5 nitrogen and oxygen atoms in total. The van der Waals surface area contributed by atoms with Crippen LogP contribution in [0.2, 0.25) is 0 Å². The Morgan fingerprint density at radius 2 is 2.08 bits per heavy atom. The molecular formula is C8H9NO4. The van der Waals surface area contributed by atoms with E-state index in [-0.39, 0.29) is 11.3 Å². The molecule has 1 rings (SSSR count). The molecule has 0 aliphatic carbocycles. The van der Waals surface area contributed by atoms with Crippen LogP contribution in [0.15, 0.2) is 24.3 Å². The molecule has 0 saturated heterocycles. The Balaban J connectivity index is 3.04. The van der Waals surface area contributed by atoms with Crippen LogP contribution < -0.4 is 5.90 Å². The first-order valence-electron chi connectivity index (χ1n) is 3.53. The summed E-state index contributed by atoms with van der Waals surface area (Å²) in [5, 5.41) is 17.9. The fourth-order valence-corrected chi connectivity index (χ4v) is 0.974. The minimum Gasteiger partial charge on any atom is -0.508 e. The molecule has 0 heterocycles. The van der Waals surface area contributed by atoms with Gasteiger partial charge < -0.3 is 10.2 Å². The number of carboxylic acids is 1. The standard InChI is InChI=1S/C8H9NO4/c9-13-7(8(11)12)5-3-1-2-4-6(5)10/h1-4,7,10H,9H2,(H,11,12). The van der Waals surface area contributed by atoms with Crippen molar-refractivity contribution in [3.8, 4) is 5.75 Å². The molecule has 1 unspecified atom stereocenters. The molecule has 5 heteroatoms. The fraction of sp³-hybridized carbons (Fsp3) is 0.125. The molecule has 70 valence electrons. The zero-order valence-corrected chi connectivity index (χ0v) is 6.68. The molecule has 13 heavy (non-hydrogen) atoms. The largest absolute Gasteiger partial charge is 0.508 e. The molecule has 1 atom stereocenters.